The Morgan fingerprint density at radius 1 is 1.16 bits per heavy atom. The highest BCUT2D eigenvalue weighted by Gasteiger charge is 2.29. The van der Waals surface area contributed by atoms with Crippen LogP contribution in [-0.4, -0.2) is 29.8 Å². The summed E-state index contributed by atoms with van der Waals surface area (Å²) in [5.74, 6) is 0.552. The number of hydrogen-bond acceptors (Lipinski definition) is 4. The lowest BCUT2D eigenvalue weighted by Crippen LogP contribution is -2.43. The molecule has 2 aromatic carbocycles. The fourth-order valence-corrected chi connectivity index (χ4v) is 3.77. The number of furan rings is 1. The van der Waals surface area contributed by atoms with Crippen molar-refractivity contribution in [2.45, 2.75) is 19.8 Å². The first kappa shape index (κ1) is 21.0. The third-order valence-electron chi connectivity index (χ3n) is 5.30. The number of amides is 2. The number of ether oxygens (including phenoxy) is 1. The van der Waals surface area contributed by atoms with E-state index in [1.54, 1.807) is 29.2 Å². The van der Waals surface area contributed by atoms with Gasteiger partial charge in [-0.1, -0.05) is 29.3 Å². The second-order valence-electron chi connectivity index (χ2n) is 7.65. The highest BCUT2D eigenvalue weighted by molar-refractivity contribution is 6.31. The number of benzene rings is 2. The molecule has 1 aliphatic rings. The van der Waals surface area contributed by atoms with Gasteiger partial charge in [0.15, 0.2) is 5.75 Å². The maximum Gasteiger partial charge on any atom is 0.257 e. The third-order valence-corrected chi connectivity index (χ3v) is 5.53. The predicted molar refractivity (Wildman–Crippen MR) is 119 cm³/mol. The molecular weight excluding hydrogens is 416 g/mol. The van der Waals surface area contributed by atoms with Crippen molar-refractivity contribution in [3.63, 3.8) is 0 Å². The summed E-state index contributed by atoms with van der Waals surface area (Å²) >= 11 is 6.16. The molecule has 6 nitrogen and oxygen atoms in total. The SMILES string of the molecule is Cc1ccc(Oc2ccc(Cl)cc2NC(=O)C2CCCN(C(=O)c3ccoc3)C2)cc1. The van der Waals surface area contributed by atoms with Crippen LogP contribution < -0.4 is 10.1 Å². The summed E-state index contributed by atoms with van der Waals surface area (Å²) in [7, 11) is 0. The van der Waals surface area contributed by atoms with Crippen LogP contribution >= 0.6 is 11.6 Å². The van der Waals surface area contributed by atoms with E-state index in [1.165, 1.54) is 12.5 Å². The molecule has 0 bridgehead atoms. The number of carbonyl (C=O) groups is 2. The molecule has 2 heterocycles. The zero-order chi connectivity index (χ0) is 21.8. The molecule has 1 aliphatic heterocycles. The van der Waals surface area contributed by atoms with E-state index in [-0.39, 0.29) is 17.7 Å². The first-order chi connectivity index (χ1) is 15.0. The van der Waals surface area contributed by atoms with Gasteiger partial charge in [-0.05, 0) is 56.2 Å². The fourth-order valence-electron chi connectivity index (χ4n) is 3.60. The molecular formula is C24H23ClN2O4. The number of nitrogens with zero attached hydrogens (tertiary/aromatic N) is 1. The molecule has 1 unspecified atom stereocenters. The summed E-state index contributed by atoms with van der Waals surface area (Å²) < 4.78 is 11.0. The molecule has 31 heavy (non-hydrogen) atoms. The molecule has 1 atom stereocenters. The van der Waals surface area contributed by atoms with Gasteiger partial charge in [-0.15, -0.1) is 0 Å². The van der Waals surface area contributed by atoms with E-state index in [1.807, 2.05) is 31.2 Å². The molecule has 2 amide bonds. The third kappa shape index (κ3) is 5.09. The summed E-state index contributed by atoms with van der Waals surface area (Å²) in [5.41, 5.74) is 2.12. The number of rotatable bonds is 5. The van der Waals surface area contributed by atoms with Crippen LogP contribution in [-0.2, 0) is 4.79 Å². The van der Waals surface area contributed by atoms with Crippen molar-refractivity contribution < 1.29 is 18.7 Å². The predicted octanol–water partition coefficient (Wildman–Crippen LogP) is 5.52. The van der Waals surface area contributed by atoms with Crippen LogP contribution in [0.3, 0.4) is 0 Å². The van der Waals surface area contributed by atoms with Crippen molar-refractivity contribution in [1.29, 1.82) is 0 Å². The van der Waals surface area contributed by atoms with Gasteiger partial charge in [0.25, 0.3) is 5.91 Å². The zero-order valence-electron chi connectivity index (χ0n) is 17.1. The molecule has 1 fully saturated rings. The lowest BCUT2D eigenvalue weighted by atomic mass is 9.96. The monoisotopic (exact) mass is 438 g/mol. The van der Waals surface area contributed by atoms with Gasteiger partial charge in [0, 0.05) is 18.1 Å². The first-order valence-electron chi connectivity index (χ1n) is 10.2. The first-order valence-corrected chi connectivity index (χ1v) is 10.5. The number of carbonyl (C=O) groups excluding carboxylic acids is 2. The second-order valence-corrected chi connectivity index (χ2v) is 8.08. The summed E-state index contributed by atoms with van der Waals surface area (Å²) in [6.45, 7) is 2.97. The Balaban J connectivity index is 1.47. The Morgan fingerprint density at radius 2 is 1.97 bits per heavy atom. The van der Waals surface area contributed by atoms with E-state index in [4.69, 9.17) is 20.8 Å². The van der Waals surface area contributed by atoms with Crippen molar-refractivity contribution in [3.8, 4) is 11.5 Å². The number of likely N-dealkylation sites (tertiary alicyclic amines) is 1. The molecule has 4 rings (SSSR count). The lowest BCUT2D eigenvalue weighted by molar-refractivity contribution is -0.121. The maximum atomic E-state index is 13.0. The van der Waals surface area contributed by atoms with Crippen LogP contribution in [0.25, 0.3) is 0 Å². The molecule has 3 aromatic rings. The van der Waals surface area contributed by atoms with Crippen molar-refractivity contribution in [3.05, 3.63) is 77.2 Å². The van der Waals surface area contributed by atoms with Crippen molar-refractivity contribution in [2.24, 2.45) is 5.92 Å². The summed E-state index contributed by atoms with van der Waals surface area (Å²) in [6, 6.07) is 14.4. The number of nitrogens with one attached hydrogen (secondary N) is 1. The Labute approximate surface area is 185 Å². The lowest BCUT2D eigenvalue weighted by Gasteiger charge is -2.32. The summed E-state index contributed by atoms with van der Waals surface area (Å²) in [6.07, 6.45) is 4.35. The minimum absolute atomic E-state index is 0.127. The standard InChI is InChI=1S/C24H23ClN2O4/c1-16-4-7-20(8-5-16)31-22-9-6-19(25)13-21(22)26-23(28)17-3-2-11-27(14-17)24(29)18-10-12-30-15-18/h4-10,12-13,15,17H,2-3,11,14H2,1H3,(H,26,28). The van der Waals surface area contributed by atoms with Crippen molar-refractivity contribution >= 4 is 29.1 Å². The number of aryl methyl sites for hydroxylation is 1. The van der Waals surface area contributed by atoms with Crippen LogP contribution in [0.4, 0.5) is 5.69 Å². The zero-order valence-corrected chi connectivity index (χ0v) is 17.9. The number of halogens is 1. The van der Waals surface area contributed by atoms with Crippen molar-refractivity contribution in [2.75, 3.05) is 18.4 Å². The van der Waals surface area contributed by atoms with E-state index in [9.17, 15) is 9.59 Å². The van der Waals surface area contributed by atoms with Gasteiger partial charge in [-0.2, -0.15) is 0 Å². The van der Waals surface area contributed by atoms with Gasteiger partial charge < -0.3 is 19.4 Å². The van der Waals surface area contributed by atoms with Gasteiger partial charge in [-0.3, -0.25) is 9.59 Å². The highest BCUT2D eigenvalue weighted by Crippen LogP contribution is 2.33. The van der Waals surface area contributed by atoms with E-state index in [0.29, 0.717) is 47.3 Å². The van der Waals surface area contributed by atoms with Crippen LogP contribution in [0.1, 0.15) is 28.8 Å². The quantitative estimate of drug-likeness (QED) is 0.569. The number of piperidine rings is 1. The van der Waals surface area contributed by atoms with Crippen LogP contribution in [0.5, 0.6) is 11.5 Å². The van der Waals surface area contributed by atoms with E-state index in [0.717, 1.165) is 12.0 Å². The van der Waals surface area contributed by atoms with E-state index >= 15 is 0 Å². The molecule has 0 saturated carbocycles. The molecule has 0 spiro atoms. The van der Waals surface area contributed by atoms with Gasteiger partial charge in [0.05, 0.1) is 23.4 Å². The molecule has 1 saturated heterocycles. The Bertz CT molecular complexity index is 1060. The van der Waals surface area contributed by atoms with Gasteiger partial charge in [0.1, 0.15) is 12.0 Å². The number of anilines is 1. The maximum absolute atomic E-state index is 13.0. The molecule has 160 valence electrons. The average Bonchev–Trinajstić information content (AvgIpc) is 3.31. The van der Waals surface area contributed by atoms with Crippen LogP contribution in [0.2, 0.25) is 5.02 Å². The second kappa shape index (κ2) is 9.27. The normalized spacial score (nSPS) is 16.1. The summed E-state index contributed by atoms with van der Waals surface area (Å²) in [5, 5.41) is 3.43. The smallest absolute Gasteiger partial charge is 0.257 e. The fraction of sp³-hybridized carbons (Fsp3) is 0.250. The van der Waals surface area contributed by atoms with E-state index < -0.39 is 0 Å². The van der Waals surface area contributed by atoms with Crippen molar-refractivity contribution in [1.82, 2.24) is 4.90 Å². The molecule has 1 N–H and O–H groups in total. The number of hydrogen-bond donors (Lipinski definition) is 1. The van der Waals surface area contributed by atoms with Crippen LogP contribution in [0, 0.1) is 12.8 Å². The Morgan fingerprint density at radius 3 is 2.71 bits per heavy atom. The topological polar surface area (TPSA) is 71.8 Å². The minimum atomic E-state index is -0.323. The molecule has 1 aromatic heterocycles. The highest BCUT2D eigenvalue weighted by atomic mass is 35.5. The Kier molecular flexibility index (Phi) is 6.28. The van der Waals surface area contributed by atoms with Crippen LogP contribution in [0.15, 0.2) is 65.5 Å². The Hall–Kier alpha value is -3.25. The molecule has 0 aliphatic carbocycles. The van der Waals surface area contributed by atoms with E-state index in [2.05, 4.69) is 5.32 Å². The van der Waals surface area contributed by atoms with Gasteiger partial charge in [-0.25, -0.2) is 0 Å². The summed E-state index contributed by atoms with van der Waals surface area (Å²) in [4.78, 5) is 27.3. The molecule has 0 radical (unpaired) electrons. The molecule has 7 heteroatoms. The van der Waals surface area contributed by atoms with Gasteiger partial charge in [0.2, 0.25) is 5.91 Å². The largest absolute Gasteiger partial charge is 0.472 e. The minimum Gasteiger partial charge on any atom is -0.472 e. The average molecular weight is 439 g/mol. The van der Waals surface area contributed by atoms with Gasteiger partial charge >= 0.3 is 0 Å².